The van der Waals surface area contributed by atoms with Gasteiger partial charge < -0.3 is 9.59 Å². The third-order valence-electron chi connectivity index (χ3n) is 4.05. The zero-order valence-electron chi connectivity index (χ0n) is 14.4. The van der Waals surface area contributed by atoms with E-state index in [1.807, 2.05) is 0 Å². The maximum Gasteiger partial charge on any atom is 0.119 e. The van der Waals surface area contributed by atoms with Crippen LogP contribution in [0.1, 0.15) is 103 Å². The lowest BCUT2D eigenvalue weighted by atomic mass is 10.1. The molecule has 0 amide bonds. The predicted octanol–water partition coefficient (Wildman–Crippen LogP) is 6.18. The van der Waals surface area contributed by atoms with Crippen LogP contribution in [0.2, 0.25) is 0 Å². The number of rotatable bonds is 18. The van der Waals surface area contributed by atoms with Gasteiger partial charge in [-0.15, -0.1) is 0 Å². The summed E-state index contributed by atoms with van der Waals surface area (Å²) in [7, 11) is 0. The Balaban J connectivity index is 3.05. The van der Waals surface area contributed by atoms with Crippen molar-refractivity contribution in [1.29, 1.82) is 0 Å². The zero-order valence-corrected chi connectivity index (χ0v) is 14.4. The van der Waals surface area contributed by atoms with Crippen molar-refractivity contribution in [1.82, 2.24) is 0 Å². The third-order valence-corrected chi connectivity index (χ3v) is 4.05. The van der Waals surface area contributed by atoms with E-state index >= 15 is 0 Å². The molecular formula is C20H36O2. The van der Waals surface area contributed by atoms with Crippen molar-refractivity contribution in [2.24, 2.45) is 0 Å². The first kappa shape index (κ1) is 21.1. The van der Waals surface area contributed by atoms with Gasteiger partial charge in [-0.1, -0.05) is 63.5 Å². The molecule has 0 radical (unpaired) electrons. The molecule has 0 saturated carbocycles. The van der Waals surface area contributed by atoms with E-state index in [4.69, 9.17) is 0 Å². The maximum absolute atomic E-state index is 10.2. The Morgan fingerprint density at radius 3 is 0.955 bits per heavy atom. The Hall–Kier alpha value is -0.920. The largest absolute Gasteiger partial charge is 0.303 e. The molecule has 0 rings (SSSR count). The van der Waals surface area contributed by atoms with Crippen molar-refractivity contribution < 1.29 is 9.59 Å². The molecule has 0 aromatic carbocycles. The number of carbonyl (C=O) groups excluding carboxylic acids is 2. The molecule has 0 heterocycles. The van der Waals surface area contributed by atoms with Crippen molar-refractivity contribution in [3.63, 3.8) is 0 Å². The second-order valence-corrected chi connectivity index (χ2v) is 6.20. The SMILES string of the molecule is O=CCCCCCCCC/C=C/CCCCCCCCC=O. The molecule has 0 aliphatic rings. The highest BCUT2D eigenvalue weighted by Gasteiger charge is 1.91. The van der Waals surface area contributed by atoms with Crippen molar-refractivity contribution >= 4 is 12.6 Å². The van der Waals surface area contributed by atoms with Crippen molar-refractivity contribution in [3.05, 3.63) is 12.2 Å². The summed E-state index contributed by atoms with van der Waals surface area (Å²) in [6.07, 6.45) is 25.7. The number of unbranched alkanes of at least 4 members (excludes halogenated alkanes) is 14. The lowest BCUT2D eigenvalue weighted by molar-refractivity contribution is -0.108. The summed E-state index contributed by atoms with van der Waals surface area (Å²) in [6.45, 7) is 0. The molecule has 0 spiro atoms. The highest BCUT2D eigenvalue weighted by atomic mass is 16.1. The van der Waals surface area contributed by atoms with Crippen molar-refractivity contribution in [3.8, 4) is 0 Å². The van der Waals surface area contributed by atoms with Gasteiger partial charge in [-0.05, 0) is 38.5 Å². The molecule has 0 atom stereocenters. The number of hydrogen-bond donors (Lipinski definition) is 0. The first-order valence-electron chi connectivity index (χ1n) is 9.44. The lowest BCUT2D eigenvalue weighted by Crippen LogP contribution is -1.81. The van der Waals surface area contributed by atoms with Crippen LogP contribution in [0.4, 0.5) is 0 Å². The van der Waals surface area contributed by atoms with Crippen LogP contribution >= 0.6 is 0 Å². The van der Waals surface area contributed by atoms with E-state index in [1.54, 1.807) is 0 Å². The minimum absolute atomic E-state index is 0.738. The summed E-state index contributed by atoms with van der Waals surface area (Å²) >= 11 is 0. The normalized spacial score (nSPS) is 11.1. The van der Waals surface area contributed by atoms with Crippen LogP contribution in [0.5, 0.6) is 0 Å². The molecule has 0 aliphatic carbocycles. The van der Waals surface area contributed by atoms with Crippen LogP contribution in [0, 0.1) is 0 Å². The number of carbonyl (C=O) groups is 2. The molecule has 0 bridgehead atoms. The molecule has 0 unspecified atom stereocenters. The summed E-state index contributed by atoms with van der Waals surface area (Å²) < 4.78 is 0. The first-order chi connectivity index (χ1) is 10.9. The number of hydrogen-bond acceptors (Lipinski definition) is 2. The van der Waals surface area contributed by atoms with Crippen LogP contribution in [0.25, 0.3) is 0 Å². The molecule has 0 aromatic heterocycles. The summed E-state index contributed by atoms with van der Waals surface area (Å²) in [5.41, 5.74) is 0. The van der Waals surface area contributed by atoms with Gasteiger partial charge in [-0.3, -0.25) is 0 Å². The smallest absolute Gasteiger partial charge is 0.119 e. The van der Waals surface area contributed by atoms with Gasteiger partial charge in [-0.2, -0.15) is 0 Å². The van der Waals surface area contributed by atoms with Crippen molar-refractivity contribution in [2.75, 3.05) is 0 Å². The van der Waals surface area contributed by atoms with E-state index in [0.717, 1.165) is 38.3 Å². The van der Waals surface area contributed by atoms with Gasteiger partial charge in [0.1, 0.15) is 12.6 Å². The molecule has 128 valence electrons. The Morgan fingerprint density at radius 1 is 0.364 bits per heavy atom. The van der Waals surface area contributed by atoms with E-state index in [9.17, 15) is 9.59 Å². The molecular weight excluding hydrogens is 272 g/mol. The van der Waals surface area contributed by atoms with Crippen LogP contribution < -0.4 is 0 Å². The highest BCUT2D eigenvalue weighted by molar-refractivity contribution is 5.49. The molecule has 2 nitrogen and oxygen atoms in total. The lowest BCUT2D eigenvalue weighted by Gasteiger charge is -1.99. The Labute approximate surface area is 137 Å². The van der Waals surface area contributed by atoms with Gasteiger partial charge in [0.25, 0.3) is 0 Å². The highest BCUT2D eigenvalue weighted by Crippen LogP contribution is 2.10. The van der Waals surface area contributed by atoms with Gasteiger partial charge in [0.15, 0.2) is 0 Å². The van der Waals surface area contributed by atoms with E-state index in [1.165, 1.54) is 77.0 Å². The molecule has 22 heavy (non-hydrogen) atoms. The monoisotopic (exact) mass is 308 g/mol. The molecule has 0 saturated heterocycles. The van der Waals surface area contributed by atoms with Crippen molar-refractivity contribution in [2.45, 2.75) is 103 Å². The van der Waals surface area contributed by atoms with Crippen LogP contribution in [-0.4, -0.2) is 12.6 Å². The quantitative estimate of drug-likeness (QED) is 0.172. The van der Waals surface area contributed by atoms with Gasteiger partial charge in [0.2, 0.25) is 0 Å². The van der Waals surface area contributed by atoms with Gasteiger partial charge >= 0.3 is 0 Å². The van der Waals surface area contributed by atoms with E-state index in [2.05, 4.69) is 12.2 Å². The first-order valence-corrected chi connectivity index (χ1v) is 9.44. The molecule has 2 heteroatoms. The third kappa shape index (κ3) is 19.1. The van der Waals surface area contributed by atoms with Crippen LogP contribution in [-0.2, 0) is 9.59 Å². The summed E-state index contributed by atoms with van der Waals surface area (Å²) in [5.74, 6) is 0. The molecule has 0 N–H and O–H groups in total. The molecule has 0 fully saturated rings. The average Bonchev–Trinajstić information content (AvgIpc) is 2.54. The Morgan fingerprint density at radius 2 is 0.636 bits per heavy atom. The minimum Gasteiger partial charge on any atom is -0.303 e. The minimum atomic E-state index is 0.738. The fraction of sp³-hybridized carbons (Fsp3) is 0.800. The van der Waals surface area contributed by atoms with Gasteiger partial charge in [0.05, 0.1) is 0 Å². The number of aldehydes is 2. The van der Waals surface area contributed by atoms with Gasteiger partial charge in [-0.25, -0.2) is 0 Å². The second kappa shape index (κ2) is 20.1. The predicted molar refractivity (Wildman–Crippen MR) is 95.1 cm³/mol. The number of allylic oxidation sites excluding steroid dienone is 2. The average molecular weight is 309 g/mol. The van der Waals surface area contributed by atoms with Gasteiger partial charge in [0, 0.05) is 12.8 Å². The van der Waals surface area contributed by atoms with E-state index < -0.39 is 0 Å². The Bertz CT molecular complexity index is 232. The second-order valence-electron chi connectivity index (χ2n) is 6.20. The maximum atomic E-state index is 10.2. The fourth-order valence-corrected chi connectivity index (χ4v) is 2.63. The summed E-state index contributed by atoms with van der Waals surface area (Å²) in [4.78, 5) is 20.3. The standard InChI is InChI=1S/C20H36O2/c21-19-17-15-13-11-9-7-5-3-1-2-4-6-8-10-12-14-16-18-20-22/h1-2,19-20H,3-18H2/b2-1+. The van der Waals surface area contributed by atoms with Crippen LogP contribution in [0.3, 0.4) is 0 Å². The molecule has 0 aliphatic heterocycles. The Kier molecular flexibility index (Phi) is 19.2. The fourth-order valence-electron chi connectivity index (χ4n) is 2.63. The zero-order chi connectivity index (χ0) is 16.1. The van der Waals surface area contributed by atoms with E-state index in [0.29, 0.717) is 0 Å². The van der Waals surface area contributed by atoms with E-state index in [-0.39, 0.29) is 0 Å². The topological polar surface area (TPSA) is 34.1 Å². The molecule has 0 aromatic rings. The summed E-state index contributed by atoms with van der Waals surface area (Å²) in [5, 5.41) is 0. The van der Waals surface area contributed by atoms with Crippen LogP contribution in [0.15, 0.2) is 12.2 Å². The summed E-state index contributed by atoms with van der Waals surface area (Å²) in [6, 6.07) is 0.